The minimum Gasteiger partial charge on any atom is -0.298 e. The SMILES string of the molecule is CCCc1ccc(-c2csc(NC(=O)c3ccc(CSc4ccc(Cl)cc4)cc3)n2)cc1. The summed E-state index contributed by atoms with van der Waals surface area (Å²) in [6, 6.07) is 24.0. The van der Waals surface area contributed by atoms with E-state index in [1.165, 1.54) is 16.9 Å². The number of aryl methyl sites for hydroxylation is 1. The molecule has 3 aromatic carbocycles. The Kier molecular flexibility index (Phi) is 7.63. The van der Waals surface area contributed by atoms with Gasteiger partial charge in [-0.05, 0) is 53.9 Å². The van der Waals surface area contributed by atoms with E-state index >= 15 is 0 Å². The zero-order valence-corrected chi connectivity index (χ0v) is 20.1. The van der Waals surface area contributed by atoms with E-state index in [0.717, 1.165) is 45.3 Å². The molecule has 0 radical (unpaired) electrons. The van der Waals surface area contributed by atoms with E-state index in [4.69, 9.17) is 11.6 Å². The number of aromatic nitrogens is 1. The molecule has 3 nitrogen and oxygen atoms in total. The summed E-state index contributed by atoms with van der Waals surface area (Å²) < 4.78 is 0. The van der Waals surface area contributed by atoms with E-state index in [-0.39, 0.29) is 5.91 Å². The molecule has 0 fully saturated rings. The van der Waals surface area contributed by atoms with Gasteiger partial charge in [-0.1, -0.05) is 61.3 Å². The molecule has 4 aromatic rings. The number of nitrogens with zero attached hydrogens (tertiary/aromatic N) is 1. The van der Waals surface area contributed by atoms with Crippen molar-refractivity contribution in [1.29, 1.82) is 0 Å². The number of nitrogens with one attached hydrogen (secondary N) is 1. The first-order valence-corrected chi connectivity index (χ1v) is 12.7. The van der Waals surface area contributed by atoms with Crippen molar-refractivity contribution in [3.05, 3.63) is 99.9 Å². The van der Waals surface area contributed by atoms with Crippen molar-refractivity contribution in [2.45, 2.75) is 30.4 Å². The van der Waals surface area contributed by atoms with Gasteiger partial charge < -0.3 is 0 Å². The second-order valence-corrected chi connectivity index (χ2v) is 9.72. The summed E-state index contributed by atoms with van der Waals surface area (Å²) in [5.41, 5.74) is 5.04. The second-order valence-electron chi connectivity index (χ2n) is 7.38. The molecule has 32 heavy (non-hydrogen) atoms. The molecule has 162 valence electrons. The van der Waals surface area contributed by atoms with Crippen LogP contribution < -0.4 is 5.32 Å². The molecule has 0 saturated carbocycles. The number of thioether (sulfide) groups is 1. The van der Waals surface area contributed by atoms with Crippen molar-refractivity contribution in [1.82, 2.24) is 4.98 Å². The Bertz CT molecular complexity index is 1170. The maximum Gasteiger partial charge on any atom is 0.257 e. The molecule has 0 unspecified atom stereocenters. The third-order valence-electron chi connectivity index (χ3n) is 4.95. The highest BCUT2D eigenvalue weighted by Crippen LogP contribution is 2.27. The standard InChI is InChI=1S/C26H23ClN2OS2/c1-2-3-18-4-8-20(9-5-18)24-17-32-26(28-24)29-25(30)21-10-6-19(7-11-21)16-31-23-14-12-22(27)13-15-23/h4-15,17H,2-3,16H2,1H3,(H,28,29,30). The third-order valence-corrected chi connectivity index (χ3v) is 7.04. The Morgan fingerprint density at radius 3 is 2.34 bits per heavy atom. The van der Waals surface area contributed by atoms with Gasteiger partial charge in [-0.2, -0.15) is 0 Å². The number of rotatable bonds is 8. The van der Waals surface area contributed by atoms with Gasteiger partial charge in [-0.15, -0.1) is 23.1 Å². The lowest BCUT2D eigenvalue weighted by Gasteiger charge is -2.05. The number of benzene rings is 3. The monoisotopic (exact) mass is 478 g/mol. The Labute approximate surface area is 201 Å². The number of carbonyl (C=O) groups is 1. The first-order chi connectivity index (χ1) is 15.6. The van der Waals surface area contributed by atoms with Crippen LogP contribution in [0.1, 0.15) is 34.8 Å². The smallest absolute Gasteiger partial charge is 0.257 e. The number of thiazole rings is 1. The van der Waals surface area contributed by atoms with Crippen molar-refractivity contribution in [3.8, 4) is 11.3 Å². The van der Waals surface area contributed by atoms with Crippen LogP contribution in [0.3, 0.4) is 0 Å². The van der Waals surface area contributed by atoms with Crippen molar-refractivity contribution < 1.29 is 4.79 Å². The molecule has 0 atom stereocenters. The Balaban J connectivity index is 1.34. The minimum atomic E-state index is -0.152. The number of hydrogen-bond donors (Lipinski definition) is 1. The Hall–Kier alpha value is -2.60. The van der Waals surface area contributed by atoms with Crippen LogP contribution in [0.25, 0.3) is 11.3 Å². The van der Waals surface area contributed by atoms with Crippen LogP contribution in [0.4, 0.5) is 5.13 Å². The van der Waals surface area contributed by atoms with E-state index in [1.807, 2.05) is 53.9 Å². The van der Waals surface area contributed by atoms with Gasteiger partial charge in [0.2, 0.25) is 0 Å². The van der Waals surface area contributed by atoms with Crippen LogP contribution in [-0.4, -0.2) is 10.9 Å². The third kappa shape index (κ3) is 6.00. The topological polar surface area (TPSA) is 42.0 Å². The molecular formula is C26H23ClN2OS2. The highest BCUT2D eigenvalue weighted by Gasteiger charge is 2.10. The average Bonchev–Trinajstić information content (AvgIpc) is 3.28. The van der Waals surface area contributed by atoms with Crippen molar-refractivity contribution in [2.24, 2.45) is 0 Å². The predicted molar refractivity (Wildman–Crippen MR) is 137 cm³/mol. The molecule has 0 aliphatic carbocycles. The molecule has 0 bridgehead atoms. The molecule has 1 aromatic heterocycles. The number of amides is 1. The summed E-state index contributed by atoms with van der Waals surface area (Å²) in [6.45, 7) is 2.18. The fourth-order valence-electron chi connectivity index (χ4n) is 3.21. The van der Waals surface area contributed by atoms with Gasteiger partial charge in [0.05, 0.1) is 5.69 Å². The maximum absolute atomic E-state index is 12.6. The molecule has 1 amide bonds. The first-order valence-electron chi connectivity index (χ1n) is 10.4. The lowest BCUT2D eigenvalue weighted by molar-refractivity contribution is 0.102. The summed E-state index contributed by atoms with van der Waals surface area (Å²) in [7, 11) is 0. The van der Waals surface area contributed by atoms with Crippen LogP contribution in [0.2, 0.25) is 5.02 Å². The Morgan fingerprint density at radius 2 is 1.66 bits per heavy atom. The molecule has 1 N–H and O–H groups in total. The maximum atomic E-state index is 12.6. The number of anilines is 1. The van der Waals surface area contributed by atoms with Gasteiger partial charge in [0.15, 0.2) is 5.13 Å². The summed E-state index contributed by atoms with van der Waals surface area (Å²) in [5.74, 6) is 0.678. The van der Waals surface area contributed by atoms with E-state index < -0.39 is 0 Å². The van der Waals surface area contributed by atoms with Crippen LogP contribution in [0.15, 0.2) is 83.1 Å². The zero-order chi connectivity index (χ0) is 22.3. The molecule has 0 aliphatic heterocycles. The van der Waals surface area contributed by atoms with Crippen molar-refractivity contribution >= 4 is 45.7 Å². The van der Waals surface area contributed by atoms with Gasteiger partial charge in [-0.25, -0.2) is 4.98 Å². The molecule has 0 aliphatic rings. The number of carbonyl (C=O) groups excluding carboxylic acids is 1. The average molecular weight is 479 g/mol. The highest BCUT2D eigenvalue weighted by atomic mass is 35.5. The fourth-order valence-corrected chi connectivity index (χ4v) is 4.91. The normalized spacial score (nSPS) is 10.8. The summed E-state index contributed by atoms with van der Waals surface area (Å²) >= 11 is 9.10. The molecular weight excluding hydrogens is 456 g/mol. The largest absolute Gasteiger partial charge is 0.298 e. The van der Waals surface area contributed by atoms with E-state index in [1.54, 1.807) is 11.8 Å². The fraction of sp³-hybridized carbons (Fsp3) is 0.154. The second kappa shape index (κ2) is 10.8. The van der Waals surface area contributed by atoms with Gasteiger partial charge in [0.1, 0.15) is 0 Å². The lowest BCUT2D eigenvalue weighted by Crippen LogP contribution is -2.11. The van der Waals surface area contributed by atoms with E-state index in [9.17, 15) is 4.79 Å². The van der Waals surface area contributed by atoms with Crippen LogP contribution in [-0.2, 0) is 12.2 Å². The van der Waals surface area contributed by atoms with Gasteiger partial charge in [-0.3, -0.25) is 10.1 Å². The molecule has 0 saturated heterocycles. The van der Waals surface area contributed by atoms with Crippen LogP contribution in [0.5, 0.6) is 0 Å². The molecule has 4 rings (SSSR count). The van der Waals surface area contributed by atoms with Crippen LogP contribution >= 0.6 is 34.7 Å². The van der Waals surface area contributed by atoms with E-state index in [2.05, 4.69) is 41.5 Å². The lowest BCUT2D eigenvalue weighted by atomic mass is 10.1. The summed E-state index contributed by atoms with van der Waals surface area (Å²) in [4.78, 5) is 18.4. The molecule has 6 heteroatoms. The molecule has 1 heterocycles. The first kappa shape index (κ1) is 22.6. The van der Waals surface area contributed by atoms with Crippen LogP contribution in [0, 0.1) is 0 Å². The number of hydrogen-bond acceptors (Lipinski definition) is 4. The Morgan fingerprint density at radius 1 is 0.969 bits per heavy atom. The van der Waals surface area contributed by atoms with Crippen molar-refractivity contribution in [2.75, 3.05) is 5.32 Å². The van der Waals surface area contributed by atoms with Gasteiger partial charge in [0, 0.05) is 32.2 Å². The highest BCUT2D eigenvalue weighted by molar-refractivity contribution is 7.98. The van der Waals surface area contributed by atoms with Crippen molar-refractivity contribution in [3.63, 3.8) is 0 Å². The van der Waals surface area contributed by atoms with Gasteiger partial charge in [0.25, 0.3) is 5.91 Å². The summed E-state index contributed by atoms with van der Waals surface area (Å²) in [5, 5.41) is 6.23. The predicted octanol–water partition coefficient (Wildman–Crippen LogP) is 7.96. The zero-order valence-electron chi connectivity index (χ0n) is 17.7. The quantitative estimate of drug-likeness (QED) is 0.261. The minimum absolute atomic E-state index is 0.152. The molecule has 0 spiro atoms. The van der Waals surface area contributed by atoms with Gasteiger partial charge >= 0.3 is 0 Å². The van der Waals surface area contributed by atoms with E-state index in [0.29, 0.717) is 10.7 Å². The number of halogens is 1. The summed E-state index contributed by atoms with van der Waals surface area (Å²) in [6.07, 6.45) is 2.21.